The van der Waals surface area contributed by atoms with Gasteiger partial charge in [-0.2, -0.15) is 5.10 Å². The first-order valence-corrected chi connectivity index (χ1v) is 3.16. The lowest BCUT2D eigenvalue weighted by Crippen LogP contribution is -1.95. The van der Waals surface area contributed by atoms with Crippen molar-refractivity contribution >= 4 is 12.2 Å². The van der Waals surface area contributed by atoms with E-state index in [1.54, 1.807) is 18.6 Å². The van der Waals surface area contributed by atoms with Crippen LogP contribution in [0.4, 0.5) is 5.95 Å². The molecule has 2 N–H and O–H groups in total. The summed E-state index contributed by atoms with van der Waals surface area (Å²) in [5, 5.41) is 3.99. The Morgan fingerprint density at radius 1 is 1.90 bits per heavy atom. The number of rotatable bonds is 2. The zero-order valence-electron chi connectivity index (χ0n) is 5.86. The van der Waals surface area contributed by atoms with Crippen molar-refractivity contribution in [1.29, 1.82) is 0 Å². The minimum Gasteiger partial charge on any atom is -0.368 e. The van der Waals surface area contributed by atoms with Gasteiger partial charge in [-0.3, -0.25) is 0 Å². The molecule has 0 radical (unpaired) electrons. The fourth-order valence-corrected chi connectivity index (χ4v) is 0.576. The lowest BCUT2D eigenvalue weighted by atomic mass is 10.6. The predicted octanol–water partition coefficient (Wildman–Crippen LogP) is 0.709. The zero-order valence-corrected chi connectivity index (χ0v) is 5.86. The van der Waals surface area contributed by atoms with Crippen LogP contribution in [0.2, 0.25) is 0 Å². The van der Waals surface area contributed by atoms with E-state index in [0.29, 0.717) is 5.95 Å². The molecule has 0 saturated carbocycles. The van der Waals surface area contributed by atoms with Crippen molar-refractivity contribution < 1.29 is 0 Å². The molecule has 1 heterocycles. The highest BCUT2D eigenvalue weighted by atomic mass is 15.4. The van der Waals surface area contributed by atoms with Gasteiger partial charge in [-0.15, -0.1) is 0 Å². The number of nitrogens with zero attached hydrogens (tertiary/aromatic N) is 3. The molecule has 1 rings (SSSR count). The van der Waals surface area contributed by atoms with Crippen LogP contribution in [0.25, 0.3) is 0 Å². The van der Waals surface area contributed by atoms with Crippen LogP contribution in [0.15, 0.2) is 17.5 Å². The van der Waals surface area contributed by atoms with Crippen molar-refractivity contribution in [3.63, 3.8) is 0 Å². The molecule has 0 spiro atoms. The number of hydrogen-bond acceptors (Lipinski definition) is 3. The number of aromatic nitrogens is 2. The minimum absolute atomic E-state index is 0.421. The Bertz CT molecular complexity index is 225. The largest absolute Gasteiger partial charge is 0.368 e. The number of hydrogen-bond donors (Lipinski definition) is 1. The highest BCUT2D eigenvalue weighted by molar-refractivity contribution is 5.56. The standard InChI is InChI=1S/C6H10N4/c1-2-3-9-10-5-4-8-6(10)7/h3-5H,2H2,1H3,(H2,7,8)/b9-3+. The van der Waals surface area contributed by atoms with Crippen LogP contribution in [-0.4, -0.2) is 15.9 Å². The second kappa shape index (κ2) is 3.00. The minimum atomic E-state index is 0.421. The van der Waals surface area contributed by atoms with Crippen LogP contribution in [0.1, 0.15) is 13.3 Å². The van der Waals surface area contributed by atoms with Gasteiger partial charge in [0.15, 0.2) is 0 Å². The maximum atomic E-state index is 5.42. The maximum Gasteiger partial charge on any atom is 0.221 e. The van der Waals surface area contributed by atoms with E-state index in [0.717, 1.165) is 6.42 Å². The van der Waals surface area contributed by atoms with E-state index >= 15 is 0 Å². The molecular weight excluding hydrogens is 128 g/mol. The van der Waals surface area contributed by atoms with Gasteiger partial charge in [-0.1, -0.05) is 6.92 Å². The first-order valence-electron chi connectivity index (χ1n) is 3.16. The molecule has 0 unspecified atom stereocenters. The quantitative estimate of drug-likeness (QED) is 0.612. The normalized spacial score (nSPS) is 10.9. The number of anilines is 1. The number of imidazole rings is 1. The van der Waals surface area contributed by atoms with E-state index in [-0.39, 0.29) is 0 Å². The molecule has 0 aliphatic heterocycles. The van der Waals surface area contributed by atoms with Gasteiger partial charge < -0.3 is 5.73 Å². The second-order valence-corrected chi connectivity index (χ2v) is 1.84. The molecule has 0 aliphatic carbocycles. The van der Waals surface area contributed by atoms with Crippen molar-refractivity contribution in [1.82, 2.24) is 9.66 Å². The molecule has 54 valence electrons. The predicted molar refractivity (Wildman–Crippen MR) is 40.8 cm³/mol. The molecule has 0 aromatic carbocycles. The van der Waals surface area contributed by atoms with Crippen LogP contribution >= 0.6 is 0 Å². The Labute approximate surface area is 59.4 Å². The Balaban J connectivity index is 2.74. The Hall–Kier alpha value is -1.32. The van der Waals surface area contributed by atoms with E-state index in [1.165, 1.54) is 4.68 Å². The molecule has 10 heavy (non-hydrogen) atoms. The van der Waals surface area contributed by atoms with E-state index in [4.69, 9.17) is 5.73 Å². The lowest BCUT2D eigenvalue weighted by molar-refractivity contribution is 0.891. The van der Waals surface area contributed by atoms with Crippen molar-refractivity contribution in [2.24, 2.45) is 5.10 Å². The van der Waals surface area contributed by atoms with Gasteiger partial charge in [0.05, 0.1) is 6.20 Å². The molecule has 0 fully saturated rings. The van der Waals surface area contributed by atoms with E-state index in [9.17, 15) is 0 Å². The molecule has 4 nitrogen and oxygen atoms in total. The number of nitrogen functional groups attached to an aromatic ring is 1. The summed E-state index contributed by atoms with van der Waals surface area (Å²) in [4.78, 5) is 3.80. The summed E-state index contributed by atoms with van der Waals surface area (Å²) >= 11 is 0. The van der Waals surface area contributed by atoms with Crippen LogP contribution in [-0.2, 0) is 0 Å². The molecule has 1 aromatic heterocycles. The molecule has 0 atom stereocenters. The summed E-state index contributed by atoms with van der Waals surface area (Å²) in [6.45, 7) is 2.01. The zero-order chi connectivity index (χ0) is 7.40. The molecule has 1 aromatic rings. The highest BCUT2D eigenvalue weighted by Crippen LogP contribution is 1.95. The first kappa shape index (κ1) is 6.80. The van der Waals surface area contributed by atoms with Crippen molar-refractivity contribution in [2.45, 2.75) is 13.3 Å². The van der Waals surface area contributed by atoms with Crippen LogP contribution < -0.4 is 5.73 Å². The van der Waals surface area contributed by atoms with Gasteiger partial charge in [0.2, 0.25) is 5.95 Å². The Morgan fingerprint density at radius 3 is 3.20 bits per heavy atom. The second-order valence-electron chi connectivity index (χ2n) is 1.84. The maximum absolute atomic E-state index is 5.42. The van der Waals surface area contributed by atoms with E-state index in [1.807, 2.05) is 6.92 Å². The lowest BCUT2D eigenvalue weighted by Gasteiger charge is -1.91. The molecule has 0 aliphatic rings. The van der Waals surface area contributed by atoms with Gasteiger partial charge in [0.1, 0.15) is 0 Å². The molecule has 0 amide bonds. The highest BCUT2D eigenvalue weighted by Gasteiger charge is 1.90. The fourth-order valence-electron chi connectivity index (χ4n) is 0.576. The summed E-state index contributed by atoms with van der Waals surface area (Å²) in [5.74, 6) is 0.421. The molecule has 4 heteroatoms. The van der Waals surface area contributed by atoms with Gasteiger partial charge in [0, 0.05) is 12.4 Å². The third-order valence-electron chi connectivity index (χ3n) is 1.04. The third-order valence-corrected chi connectivity index (χ3v) is 1.04. The van der Waals surface area contributed by atoms with Gasteiger partial charge in [-0.05, 0) is 6.42 Å². The van der Waals surface area contributed by atoms with Crippen LogP contribution in [0.5, 0.6) is 0 Å². The van der Waals surface area contributed by atoms with Crippen molar-refractivity contribution in [3.8, 4) is 0 Å². The van der Waals surface area contributed by atoms with Gasteiger partial charge in [-0.25, -0.2) is 9.66 Å². The summed E-state index contributed by atoms with van der Waals surface area (Å²) in [7, 11) is 0. The topological polar surface area (TPSA) is 56.2 Å². The van der Waals surface area contributed by atoms with E-state index < -0.39 is 0 Å². The summed E-state index contributed by atoms with van der Waals surface area (Å²) < 4.78 is 1.53. The van der Waals surface area contributed by atoms with Crippen molar-refractivity contribution in [2.75, 3.05) is 5.73 Å². The fraction of sp³-hybridized carbons (Fsp3) is 0.333. The SMILES string of the molecule is CC/C=N/n1ccnc1N. The van der Waals surface area contributed by atoms with Gasteiger partial charge >= 0.3 is 0 Å². The molecular formula is C6H10N4. The average Bonchev–Trinajstić information content (AvgIpc) is 2.31. The Morgan fingerprint density at radius 2 is 2.70 bits per heavy atom. The Kier molecular flexibility index (Phi) is 2.04. The number of nitrogens with two attached hydrogens (primary N) is 1. The van der Waals surface area contributed by atoms with Gasteiger partial charge in [0.25, 0.3) is 0 Å². The first-order chi connectivity index (χ1) is 4.84. The monoisotopic (exact) mass is 138 g/mol. The van der Waals surface area contributed by atoms with Crippen molar-refractivity contribution in [3.05, 3.63) is 12.4 Å². The summed E-state index contributed by atoms with van der Waals surface area (Å²) in [6.07, 6.45) is 6.00. The third kappa shape index (κ3) is 1.34. The summed E-state index contributed by atoms with van der Waals surface area (Å²) in [6, 6.07) is 0. The summed E-state index contributed by atoms with van der Waals surface area (Å²) in [5.41, 5.74) is 5.42. The van der Waals surface area contributed by atoms with Crippen LogP contribution in [0, 0.1) is 0 Å². The molecule has 0 saturated heterocycles. The van der Waals surface area contributed by atoms with Crippen LogP contribution in [0.3, 0.4) is 0 Å². The van der Waals surface area contributed by atoms with E-state index in [2.05, 4.69) is 10.1 Å². The average molecular weight is 138 g/mol. The molecule has 0 bridgehead atoms. The smallest absolute Gasteiger partial charge is 0.221 e.